The number of aliphatic hydroxyl groups excluding tert-OH is 1. The smallest absolute Gasteiger partial charge is 0.295 e. The van der Waals surface area contributed by atoms with Gasteiger partial charge in [0.25, 0.3) is 11.7 Å². The summed E-state index contributed by atoms with van der Waals surface area (Å²) in [6.45, 7) is 2.15. The first-order valence-electron chi connectivity index (χ1n) is 9.21. The lowest BCUT2D eigenvalue weighted by atomic mass is 9.94. The van der Waals surface area contributed by atoms with Crippen LogP contribution in [0.2, 0.25) is 5.02 Å². The summed E-state index contributed by atoms with van der Waals surface area (Å²) in [5.41, 5.74) is 1.44. The lowest BCUT2D eigenvalue weighted by molar-refractivity contribution is -0.140. The van der Waals surface area contributed by atoms with E-state index in [1.54, 1.807) is 31.2 Å². The van der Waals surface area contributed by atoms with Crippen LogP contribution in [0.3, 0.4) is 0 Å². The van der Waals surface area contributed by atoms with Crippen LogP contribution >= 0.6 is 11.6 Å². The minimum absolute atomic E-state index is 0.0414. The van der Waals surface area contributed by atoms with E-state index in [-0.39, 0.29) is 46.6 Å². The zero-order chi connectivity index (χ0) is 22.0. The van der Waals surface area contributed by atoms with E-state index in [0.717, 1.165) is 5.56 Å². The van der Waals surface area contributed by atoms with Gasteiger partial charge in [-0.25, -0.2) is 0 Å². The van der Waals surface area contributed by atoms with Crippen molar-refractivity contribution in [2.24, 2.45) is 0 Å². The standard InChI is InChI=1S/C22H22ClNO6/c1-12-10-15(21(30-3)16(23)11-12)19(26)17-18(13-4-6-14(25)7-5-13)24(8-9-29-2)22(28)20(17)27/h4-7,10-11,18,25-26H,8-9H2,1-3H3/b19-17+. The van der Waals surface area contributed by atoms with Gasteiger partial charge < -0.3 is 24.6 Å². The Kier molecular flexibility index (Phi) is 6.34. The summed E-state index contributed by atoms with van der Waals surface area (Å²) in [7, 11) is 2.90. The maximum atomic E-state index is 12.9. The van der Waals surface area contributed by atoms with E-state index in [4.69, 9.17) is 21.1 Å². The van der Waals surface area contributed by atoms with Crippen molar-refractivity contribution in [2.75, 3.05) is 27.4 Å². The fourth-order valence-corrected chi connectivity index (χ4v) is 3.91. The van der Waals surface area contributed by atoms with Crippen molar-refractivity contribution < 1.29 is 29.3 Å². The highest BCUT2D eigenvalue weighted by Crippen LogP contribution is 2.42. The van der Waals surface area contributed by atoms with Gasteiger partial charge in [0.15, 0.2) is 0 Å². The molecule has 3 rings (SSSR count). The molecule has 1 unspecified atom stereocenters. The lowest BCUT2D eigenvalue weighted by Crippen LogP contribution is -2.32. The molecule has 1 amide bonds. The van der Waals surface area contributed by atoms with Crippen LogP contribution in [0, 0.1) is 6.92 Å². The van der Waals surface area contributed by atoms with Gasteiger partial charge in [-0.2, -0.15) is 0 Å². The van der Waals surface area contributed by atoms with Crippen LogP contribution in [0.15, 0.2) is 42.0 Å². The number of aromatic hydroxyl groups is 1. The number of phenolic OH excluding ortho intramolecular Hbond substituents is 1. The number of aliphatic hydroxyl groups is 1. The predicted molar refractivity (Wildman–Crippen MR) is 112 cm³/mol. The molecule has 0 bridgehead atoms. The van der Waals surface area contributed by atoms with E-state index >= 15 is 0 Å². The number of aryl methyl sites for hydroxylation is 1. The maximum Gasteiger partial charge on any atom is 0.295 e. The molecular formula is C22H22ClNO6. The fraction of sp³-hybridized carbons (Fsp3) is 0.273. The second kappa shape index (κ2) is 8.77. The molecule has 0 aromatic heterocycles. The second-order valence-corrected chi connectivity index (χ2v) is 7.31. The van der Waals surface area contributed by atoms with Gasteiger partial charge in [-0.15, -0.1) is 0 Å². The van der Waals surface area contributed by atoms with E-state index < -0.39 is 17.7 Å². The van der Waals surface area contributed by atoms with Crippen LogP contribution in [-0.4, -0.2) is 54.2 Å². The molecule has 30 heavy (non-hydrogen) atoms. The summed E-state index contributed by atoms with van der Waals surface area (Å²) in [6.07, 6.45) is 0. The van der Waals surface area contributed by atoms with E-state index in [1.807, 2.05) is 0 Å². The molecule has 0 spiro atoms. The first-order chi connectivity index (χ1) is 14.3. The van der Waals surface area contributed by atoms with Crippen LogP contribution < -0.4 is 4.74 Å². The molecule has 0 aliphatic carbocycles. The molecule has 1 aliphatic heterocycles. The molecular weight excluding hydrogens is 410 g/mol. The summed E-state index contributed by atoms with van der Waals surface area (Å²) < 4.78 is 10.4. The first kappa shape index (κ1) is 21.7. The molecule has 158 valence electrons. The number of halogens is 1. The van der Waals surface area contributed by atoms with Gasteiger partial charge in [-0.3, -0.25) is 9.59 Å². The molecule has 8 heteroatoms. The van der Waals surface area contributed by atoms with E-state index in [9.17, 15) is 19.8 Å². The van der Waals surface area contributed by atoms with Crippen molar-refractivity contribution in [3.05, 3.63) is 63.7 Å². The number of carbonyl (C=O) groups excluding carboxylic acids is 2. The zero-order valence-corrected chi connectivity index (χ0v) is 17.6. The van der Waals surface area contributed by atoms with Gasteiger partial charge in [-0.05, 0) is 42.3 Å². The van der Waals surface area contributed by atoms with Gasteiger partial charge in [0, 0.05) is 13.7 Å². The Morgan fingerprint density at radius 2 is 1.83 bits per heavy atom. The summed E-state index contributed by atoms with van der Waals surface area (Å²) in [4.78, 5) is 27.0. The average molecular weight is 432 g/mol. The van der Waals surface area contributed by atoms with Gasteiger partial charge in [0.2, 0.25) is 0 Å². The number of likely N-dealkylation sites (tertiary alicyclic amines) is 1. The molecule has 0 saturated carbocycles. The van der Waals surface area contributed by atoms with Crippen molar-refractivity contribution in [2.45, 2.75) is 13.0 Å². The number of carbonyl (C=O) groups is 2. The molecule has 2 aromatic rings. The molecule has 0 radical (unpaired) electrons. The molecule has 1 heterocycles. The van der Waals surface area contributed by atoms with Crippen LogP contribution in [0.5, 0.6) is 11.5 Å². The van der Waals surface area contributed by atoms with Gasteiger partial charge >= 0.3 is 0 Å². The Morgan fingerprint density at radius 3 is 2.43 bits per heavy atom. The number of phenols is 1. The van der Waals surface area contributed by atoms with Crippen LogP contribution in [0.1, 0.15) is 22.7 Å². The molecule has 7 nitrogen and oxygen atoms in total. The van der Waals surface area contributed by atoms with Gasteiger partial charge in [0.05, 0.1) is 35.9 Å². The van der Waals surface area contributed by atoms with Crippen LogP contribution in [0.4, 0.5) is 0 Å². The van der Waals surface area contributed by atoms with Crippen molar-refractivity contribution in [3.63, 3.8) is 0 Å². The summed E-state index contributed by atoms with van der Waals surface area (Å²) >= 11 is 6.25. The quantitative estimate of drug-likeness (QED) is 0.413. The highest BCUT2D eigenvalue weighted by molar-refractivity contribution is 6.46. The van der Waals surface area contributed by atoms with Gasteiger partial charge in [-0.1, -0.05) is 23.7 Å². The third-order valence-electron chi connectivity index (χ3n) is 4.93. The van der Waals surface area contributed by atoms with E-state index in [1.165, 1.54) is 31.3 Å². The second-order valence-electron chi connectivity index (χ2n) is 6.90. The van der Waals surface area contributed by atoms with Crippen LogP contribution in [-0.2, 0) is 14.3 Å². The largest absolute Gasteiger partial charge is 0.508 e. The number of ether oxygens (including phenoxy) is 2. The number of amides is 1. The Balaban J connectivity index is 2.25. The highest BCUT2D eigenvalue weighted by Gasteiger charge is 2.46. The predicted octanol–water partition coefficient (Wildman–Crippen LogP) is 3.43. The Bertz CT molecular complexity index is 1020. The van der Waals surface area contributed by atoms with E-state index in [2.05, 4.69) is 0 Å². The minimum atomic E-state index is -0.857. The summed E-state index contributed by atoms with van der Waals surface area (Å²) in [5.74, 6) is -1.70. The molecule has 1 saturated heterocycles. The average Bonchev–Trinajstić information content (AvgIpc) is 2.96. The molecule has 1 atom stereocenters. The number of Topliss-reactive ketones (excluding diaryl/α,β-unsaturated/α-hetero) is 1. The third-order valence-corrected chi connectivity index (χ3v) is 5.21. The molecule has 1 fully saturated rings. The lowest BCUT2D eigenvalue weighted by Gasteiger charge is -2.25. The monoisotopic (exact) mass is 431 g/mol. The SMILES string of the molecule is COCCN1C(=O)C(=O)/C(=C(/O)c2cc(C)cc(Cl)c2OC)C1c1ccc(O)cc1. The summed E-state index contributed by atoms with van der Waals surface area (Å²) in [5, 5.41) is 21.1. The topological polar surface area (TPSA) is 96.3 Å². The Morgan fingerprint density at radius 1 is 1.17 bits per heavy atom. The fourth-order valence-electron chi connectivity index (χ4n) is 3.56. The number of methoxy groups -OCH3 is 2. The van der Waals surface area contributed by atoms with Crippen molar-refractivity contribution in [1.82, 2.24) is 4.90 Å². The van der Waals surface area contributed by atoms with Crippen molar-refractivity contribution in [3.8, 4) is 11.5 Å². The van der Waals surface area contributed by atoms with Gasteiger partial charge in [0.1, 0.15) is 17.3 Å². The third kappa shape index (κ3) is 3.86. The van der Waals surface area contributed by atoms with Crippen molar-refractivity contribution in [1.29, 1.82) is 0 Å². The number of benzene rings is 2. The van der Waals surface area contributed by atoms with Crippen LogP contribution in [0.25, 0.3) is 5.76 Å². The highest BCUT2D eigenvalue weighted by atomic mass is 35.5. The summed E-state index contributed by atoms with van der Waals surface area (Å²) in [6, 6.07) is 8.55. The number of nitrogens with zero attached hydrogens (tertiary/aromatic N) is 1. The first-order valence-corrected chi connectivity index (χ1v) is 9.58. The van der Waals surface area contributed by atoms with Crippen molar-refractivity contribution >= 4 is 29.1 Å². The molecule has 2 aromatic carbocycles. The normalized spacial score (nSPS) is 18.1. The molecule has 2 N–H and O–H groups in total. The number of ketones is 1. The number of hydrogen-bond donors (Lipinski definition) is 2. The zero-order valence-electron chi connectivity index (χ0n) is 16.8. The Labute approximate surface area is 179 Å². The van der Waals surface area contributed by atoms with E-state index in [0.29, 0.717) is 5.56 Å². The number of hydrogen-bond acceptors (Lipinski definition) is 6. The minimum Gasteiger partial charge on any atom is -0.508 e. The number of rotatable bonds is 6. The maximum absolute atomic E-state index is 12.9. The molecule has 1 aliphatic rings. The Hall–Kier alpha value is -3.03.